The molecule has 2 fully saturated rings. The first kappa shape index (κ1) is 16.9. The third kappa shape index (κ3) is 4.11. The Morgan fingerprint density at radius 2 is 2.09 bits per heavy atom. The second kappa shape index (κ2) is 7.73. The Balaban J connectivity index is 1.46. The molecule has 0 bridgehead atoms. The van der Waals surface area contributed by atoms with Crippen LogP contribution in [0.4, 0.5) is 0 Å². The van der Waals surface area contributed by atoms with Crippen LogP contribution in [0.2, 0.25) is 0 Å². The average molecular weight is 337 g/mol. The van der Waals surface area contributed by atoms with Crippen LogP contribution in [0.5, 0.6) is 0 Å². The predicted molar refractivity (Wildman–Crippen MR) is 93.6 cm³/mol. The SMILES string of the molecule is C[C@@H]1CCCCN1C(=O)CN1CCN([C@@H](C)c2nccs2)CC1. The number of rotatable bonds is 4. The van der Waals surface area contributed by atoms with E-state index in [1.165, 1.54) is 11.4 Å². The number of carbonyl (C=O) groups is 1. The van der Waals surface area contributed by atoms with Gasteiger partial charge >= 0.3 is 0 Å². The van der Waals surface area contributed by atoms with Crippen LogP contribution >= 0.6 is 11.3 Å². The van der Waals surface area contributed by atoms with E-state index in [0.29, 0.717) is 24.5 Å². The van der Waals surface area contributed by atoms with Crippen LogP contribution in [0, 0.1) is 0 Å². The fourth-order valence-electron chi connectivity index (χ4n) is 3.66. The molecule has 0 saturated carbocycles. The monoisotopic (exact) mass is 336 g/mol. The smallest absolute Gasteiger partial charge is 0.236 e. The van der Waals surface area contributed by atoms with Crippen molar-refractivity contribution in [2.24, 2.45) is 0 Å². The molecule has 0 radical (unpaired) electrons. The summed E-state index contributed by atoms with van der Waals surface area (Å²) in [5.74, 6) is 0.318. The van der Waals surface area contributed by atoms with Crippen molar-refractivity contribution >= 4 is 17.2 Å². The third-order valence-electron chi connectivity index (χ3n) is 5.25. The number of thiazole rings is 1. The number of hydrogen-bond donors (Lipinski definition) is 0. The van der Waals surface area contributed by atoms with E-state index in [-0.39, 0.29) is 0 Å². The van der Waals surface area contributed by atoms with Crippen molar-refractivity contribution in [2.45, 2.75) is 45.2 Å². The van der Waals surface area contributed by atoms with Crippen molar-refractivity contribution in [1.29, 1.82) is 0 Å². The summed E-state index contributed by atoms with van der Waals surface area (Å²) in [4.78, 5) is 23.9. The molecule has 5 nitrogen and oxygen atoms in total. The van der Waals surface area contributed by atoms with Gasteiger partial charge in [-0.2, -0.15) is 0 Å². The first-order chi connectivity index (χ1) is 11.1. The molecule has 2 aliphatic heterocycles. The molecule has 23 heavy (non-hydrogen) atoms. The number of piperazine rings is 1. The summed E-state index contributed by atoms with van der Waals surface area (Å²) < 4.78 is 0. The summed E-state index contributed by atoms with van der Waals surface area (Å²) in [6.45, 7) is 9.94. The molecule has 0 aromatic carbocycles. The van der Waals surface area contributed by atoms with Gasteiger partial charge in [0.05, 0.1) is 12.6 Å². The second-order valence-corrected chi connectivity index (χ2v) is 7.72. The van der Waals surface area contributed by atoms with Gasteiger partial charge in [0.1, 0.15) is 5.01 Å². The first-order valence-corrected chi connectivity index (χ1v) is 9.68. The maximum atomic E-state index is 12.5. The summed E-state index contributed by atoms with van der Waals surface area (Å²) in [5, 5.41) is 3.23. The number of likely N-dealkylation sites (tertiary alicyclic amines) is 1. The third-order valence-corrected chi connectivity index (χ3v) is 6.19. The van der Waals surface area contributed by atoms with Crippen LogP contribution in [-0.2, 0) is 4.79 Å². The van der Waals surface area contributed by atoms with Crippen LogP contribution in [0.1, 0.15) is 44.2 Å². The molecule has 1 aromatic rings. The maximum Gasteiger partial charge on any atom is 0.236 e. The Labute approximate surface area is 143 Å². The zero-order chi connectivity index (χ0) is 16.2. The fraction of sp³-hybridized carbons (Fsp3) is 0.765. The quantitative estimate of drug-likeness (QED) is 0.845. The van der Waals surface area contributed by atoms with Gasteiger partial charge in [-0.3, -0.25) is 14.6 Å². The molecule has 128 valence electrons. The molecular formula is C17H28N4OS. The number of carbonyl (C=O) groups excluding carboxylic acids is 1. The number of aromatic nitrogens is 1. The number of nitrogens with zero attached hydrogens (tertiary/aromatic N) is 4. The predicted octanol–water partition coefficient (Wildman–Crippen LogP) is 2.22. The molecular weight excluding hydrogens is 308 g/mol. The van der Waals surface area contributed by atoms with Crippen molar-refractivity contribution < 1.29 is 4.79 Å². The summed E-state index contributed by atoms with van der Waals surface area (Å²) in [7, 11) is 0. The molecule has 1 aromatic heterocycles. The zero-order valence-corrected chi connectivity index (χ0v) is 15.1. The van der Waals surface area contributed by atoms with E-state index in [4.69, 9.17) is 0 Å². The van der Waals surface area contributed by atoms with Gasteiger partial charge in [0.25, 0.3) is 0 Å². The Morgan fingerprint density at radius 3 is 2.74 bits per heavy atom. The minimum atomic E-state index is 0.318. The summed E-state index contributed by atoms with van der Waals surface area (Å²) in [6.07, 6.45) is 5.46. The summed E-state index contributed by atoms with van der Waals surface area (Å²) >= 11 is 1.73. The molecule has 3 heterocycles. The Kier molecular flexibility index (Phi) is 5.67. The van der Waals surface area contributed by atoms with Crippen LogP contribution in [0.25, 0.3) is 0 Å². The summed E-state index contributed by atoms with van der Waals surface area (Å²) in [6, 6.07) is 0.803. The van der Waals surface area contributed by atoms with E-state index >= 15 is 0 Å². The minimum absolute atomic E-state index is 0.318. The number of amides is 1. The van der Waals surface area contributed by atoms with Crippen LogP contribution in [-0.4, -0.2) is 70.9 Å². The van der Waals surface area contributed by atoms with Crippen molar-refractivity contribution in [3.63, 3.8) is 0 Å². The molecule has 2 aliphatic rings. The molecule has 2 saturated heterocycles. The molecule has 6 heteroatoms. The van der Waals surface area contributed by atoms with E-state index in [0.717, 1.165) is 45.6 Å². The largest absolute Gasteiger partial charge is 0.339 e. The van der Waals surface area contributed by atoms with Crippen LogP contribution in [0.3, 0.4) is 0 Å². The van der Waals surface area contributed by atoms with E-state index < -0.39 is 0 Å². The van der Waals surface area contributed by atoms with Gasteiger partial charge in [0.15, 0.2) is 0 Å². The normalized spacial score (nSPS) is 25.5. The van der Waals surface area contributed by atoms with E-state index in [1.54, 1.807) is 11.3 Å². The van der Waals surface area contributed by atoms with Crippen molar-refractivity contribution in [3.05, 3.63) is 16.6 Å². The van der Waals surface area contributed by atoms with E-state index in [1.807, 2.05) is 11.6 Å². The van der Waals surface area contributed by atoms with E-state index in [9.17, 15) is 4.79 Å². The molecule has 1 amide bonds. The van der Waals surface area contributed by atoms with Crippen LogP contribution in [0.15, 0.2) is 11.6 Å². The van der Waals surface area contributed by atoms with Gasteiger partial charge in [0, 0.05) is 50.3 Å². The highest BCUT2D eigenvalue weighted by Crippen LogP contribution is 2.23. The Hall–Kier alpha value is -0.980. The Morgan fingerprint density at radius 1 is 1.30 bits per heavy atom. The van der Waals surface area contributed by atoms with Crippen molar-refractivity contribution in [1.82, 2.24) is 19.7 Å². The standard InChI is InChI=1S/C17H28N4OS/c1-14-5-3-4-7-21(14)16(22)13-19-8-10-20(11-9-19)15(2)17-18-6-12-23-17/h6,12,14-15H,3-5,7-11,13H2,1-2H3/t14-,15+/m1/s1. The maximum absolute atomic E-state index is 12.5. The van der Waals surface area contributed by atoms with Gasteiger partial charge in [-0.05, 0) is 33.1 Å². The molecule has 0 N–H and O–H groups in total. The average Bonchev–Trinajstić information content (AvgIpc) is 3.09. The molecule has 0 aliphatic carbocycles. The molecule has 3 rings (SSSR count). The highest BCUT2D eigenvalue weighted by atomic mass is 32.1. The number of piperidine rings is 1. The molecule has 0 unspecified atom stereocenters. The van der Waals surface area contributed by atoms with Gasteiger partial charge in [-0.15, -0.1) is 11.3 Å². The lowest BCUT2D eigenvalue weighted by molar-refractivity contribution is -0.136. The lowest BCUT2D eigenvalue weighted by atomic mass is 10.0. The first-order valence-electron chi connectivity index (χ1n) is 8.80. The lowest BCUT2D eigenvalue weighted by Gasteiger charge is -2.39. The van der Waals surface area contributed by atoms with Gasteiger partial charge in [-0.1, -0.05) is 0 Å². The van der Waals surface area contributed by atoms with E-state index in [2.05, 4.69) is 33.5 Å². The van der Waals surface area contributed by atoms with Crippen LogP contribution < -0.4 is 0 Å². The van der Waals surface area contributed by atoms with Gasteiger partial charge in [-0.25, -0.2) is 4.98 Å². The topological polar surface area (TPSA) is 39.7 Å². The van der Waals surface area contributed by atoms with Crippen molar-refractivity contribution in [3.8, 4) is 0 Å². The van der Waals surface area contributed by atoms with Crippen molar-refractivity contribution in [2.75, 3.05) is 39.3 Å². The zero-order valence-electron chi connectivity index (χ0n) is 14.3. The summed E-state index contributed by atoms with van der Waals surface area (Å²) in [5.41, 5.74) is 0. The number of hydrogen-bond acceptors (Lipinski definition) is 5. The Bertz CT molecular complexity index is 499. The minimum Gasteiger partial charge on any atom is -0.339 e. The van der Waals surface area contributed by atoms with Gasteiger partial charge < -0.3 is 4.90 Å². The highest BCUT2D eigenvalue weighted by Gasteiger charge is 2.27. The lowest BCUT2D eigenvalue weighted by Crippen LogP contribution is -2.52. The molecule has 2 atom stereocenters. The highest BCUT2D eigenvalue weighted by molar-refractivity contribution is 7.09. The van der Waals surface area contributed by atoms with Gasteiger partial charge in [0.2, 0.25) is 5.91 Å². The second-order valence-electron chi connectivity index (χ2n) is 6.79. The fourth-order valence-corrected chi connectivity index (χ4v) is 4.39. The molecule has 0 spiro atoms.